The number of para-hydroxylation sites is 1. The Kier molecular flexibility index (Phi) is 4.44. The highest BCUT2D eigenvalue weighted by Gasteiger charge is 2.35. The van der Waals surface area contributed by atoms with Crippen LogP contribution in [0.25, 0.3) is 17.0 Å². The van der Waals surface area contributed by atoms with Crippen LogP contribution in [0.1, 0.15) is 5.56 Å². The van der Waals surface area contributed by atoms with Crippen molar-refractivity contribution in [3.05, 3.63) is 71.1 Å². The summed E-state index contributed by atoms with van der Waals surface area (Å²) in [5, 5.41) is 3.05. The highest BCUT2D eigenvalue weighted by molar-refractivity contribution is 8.18. The third-order valence-corrected chi connectivity index (χ3v) is 5.67. The minimum absolute atomic E-state index is 0.315. The molecule has 2 aromatic carbocycles. The molecule has 3 aromatic rings. The van der Waals surface area contributed by atoms with Crippen LogP contribution in [0.4, 0.5) is 10.6 Å². The Morgan fingerprint density at radius 1 is 1.10 bits per heavy atom. The van der Waals surface area contributed by atoms with Gasteiger partial charge in [-0.1, -0.05) is 30.3 Å². The maximum absolute atomic E-state index is 11.6. The fraction of sp³-hybridized carbons (Fsp3) is 0.136. The van der Waals surface area contributed by atoms with E-state index in [0.29, 0.717) is 17.6 Å². The standard InChI is InChI=1S/C22H17N3O3S/c26-21-19(29-22(27)24-21)11-14-5-8-17(9-6-14)28-13-16-12-25(16)20-10-7-15-3-1-2-4-18(15)23-20/h1-11,16H,12-13H2,(H,24,26,27)/t16-,25?/m1/s1. The average molecular weight is 403 g/mol. The van der Waals surface area contributed by atoms with Gasteiger partial charge in [0.1, 0.15) is 18.2 Å². The van der Waals surface area contributed by atoms with Gasteiger partial charge in [-0.25, -0.2) is 4.98 Å². The first-order valence-corrected chi connectivity index (χ1v) is 10.1. The van der Waals surface area contributed by atoms with Crippen LogP contribution in [-0.2, 0) is 4.79 Å². The number of aromatic nitrogens is 1. The zero-order chi connectivity index (χ0) is 19.8. The molecule has 0 bridgehead atoms. The number of imide groups is 1. The Morgan fingerprint density at radius 2 is 1.93 bits per heavy atom. The highest BCUT2D eigenvalue weighted by atomic mass is 32.2. The second-order valence-corrected chi connectivity index (χ2v) is 7.92. The van der Waals surface area contributed by atoms with Gasteiger partial charge >= 0.3 is 0 Å². The number of rotatable bonds is 5. The van der Waals surface area contributed by atoms with Crippen LogP contribution in [0.5, 0.6) is 5.75 Å². The fourth-order valence-electron chi connectivity index (χ4n) is 3.24. The van der Waals surface area contributed by atoms with E-state index in [0.717, 1.165) is 46.3 Å². The first-order chi connectivity index (χ1) is 14.2. The smallest absolute Gasteiger partial charge is 0.290 e. The molecule has 1 atom stereocenters. The van der Waals surface area contributed by atoms with Crippen molar-refractivity contribution in [1.82, 2.24) is 10.3 Å². The predicted molar refractivity (Wildman–Crippen MR) is 114 cm³/mol. The molecule has 5 rings (SSSR count). The molecule has 7 heteroatoms. The number of benzene rings is 2. The van der Waals surface area contributed by atoms with Crippen molar-refractivity contribution >= 4 is 45.7 Å². The lowest BCUT2D eigenvalue weighted by atomic mass is 10.2. The molecule has 2 amide bonds. The van der Waals surface area contributed by atoms with Gasteiger partial charge in [0.15, 0.2) is 0 Å². The Bertz CT molecular complexity index is 1140. The van der Waals surface area contributed by atoms with Crippen molar-refractivity contribution in [3.63, 3.8) is 0 Å². The lowest BCUT2D eigenvalue weighted by Gasteiger charge is -2.08. The first-order valence-electron chi connectivity index (χ1n) is 9.26. The summed E-state index contributed by atoms with van der Waals surface area (Å²) in [5.74, 6) is 1.39. The van der Waals surface area contributed by atoms with E-state index in [1.807, 2.05) is 48.5 Å². The molecule has 144 valence electrons. The summed E-state index contributed by atoms with van der Waals surface area (Å²) in [6.45, 7) is 1.51. The number of ether oxygens (including phenoxy) is 1. The topological polar surface area (TPSA) is 71.3 Å². The summed E-state index contributed by atoms with van der Waals surface area (Å²) in [6, 6.07) is 20.0. The number of nitrogens with zero attached hydrogens (tertiary/aromatic N) is 2. The van der Waals surface area contributed by atoms with E-state index in [1.165, 1.54) is 0 Å². The molecular formula is C22H17N3O3S. The fourth-order valence-corrected chi connectivity index (χ4v) is 3.93. The van der Waals surface area contributed by atoms with Crippen molar-refractivity contribution in [2.24, 2.45) is 0 Å². The molecule has 3 heterocycles. The number of carbonyl (C=O) groups is 2. The molecule has 2 aliphatic heterocycles. The van der Waals surface area contributed by atoms with Gasteiger partial charge in [-0.2, -0.15) is 0 Å². The number of amides is 2. The molecular weight excluding hydrogens is 386 g/mol. The van der Waals surface area contributed by atoms with Gasteiger partial charge in [0.05, 0.1) is 16.5 Å². The maximum atomic E-state index is 11.6. The summed E-state index contributed by atoms with van der Waals surface area (Å²) < 4.78 is 5.90. The van der Waals surface area contributed by atoms with Gasteiger partial charge in [-0.05, 0) is 53.7 Å². The van der Waals surface area contributed by atoms with Gasteiger partial charge in [0.25, 0.3) is 11.1 Å². The second kappa shape index (κ2) is 7.25. The summed E-state index contributed by atoms with van der Waals surface area (Å²) in [7, 11) is 0. The molecule has 0 spiro atoms. The van der Waals surface area contributed by atoms with Crippen molar-refractivity contribution in [2.75, 3.05) is 18.1 Å². The molecule has 0 radical (unpaired) electrons. The summed E-state index contributed by atoms with van der Waals surface area (Å²) in [4.78, 5) is 30.2. The van der Waals surface area contributed by atoms with Crippen LogP contribution in [0.3, 0.4) is 0 Å². The van der Waals surface area contributed by atoms with Crippen LogP contribution in [-0.4, -0.2) is 35.3 Å². The summed E-state index contributed by atoms with van der Waals surface area (Å²) in [6.07, 6.45) is 1.70. The number of hydrogen-bond donors (Lipinski definition) is 1. The quantitative estimate of drug-likeness (QED) is 0.516. The molecule has 0 saturated carbocycles. The normalized spacial score (nSPS) is 19.7. The van der Waals surface area contributed by atoms with E-state index in [9.17, 15) is 9.59 Å². The molecule has 29 heavy (non-hydrogen) atoms. The Labute approximate surface area is 171 Å². The van der Waals surface area contributed by atoms with Gasteiger partial charge in [0, 0.05) is 11.9 Å². The Balaban J connectivity index is 1.18. The van der Waals surface area contributed by atoms with Crippen LogP contribution >= 0.6 is 11.8 Å². The second-order valence-electron chi connectivity index (χ2n) is 6.90. The van der Waals surface area contributed by atoms with E-state index >= 15 is 0 Å². The molecule has 2 aliphatic rings. The van der Waals surface area contributed by atoms with Crippen LogP contribution < -0.4 is 15.0 Å². The number of pyridine rings is 1. The van der Waals surface area contributed by atoms with Crippen LogP contribution in [0.15, 0.2) is 65.6 Å². The van der Waals surface area contributed by atoms with Crippen molar-refractivity contribution in [1.29, 1.82) is 0 Å². The van der Waals surface area contributed by atoms with E-state index in [2.05, 4.69) is 22.3 Å². The van der Waals surface area contributed by atoms with Gasteiger partial charge < -0.3 is 9.64 Å². The molecule has 1 N–H and O–H groups in total. The number of thioether (sulfide) groups is 1. The Hall–Kier alpha value is -3.32. The minimum atomic E-state index is -0.351. The van der Waals surface area contributed by atoms with Crippen molar-refractivity contribution in [3.8, 4) is 5.75 Å². The van der Waals surface area contributed by atoms with Crippen molar-refractivity contribution < 1.29 is 14.3 Å². The highest BCUT2D eigenvalue weighted by Crippen LogP contribution is 2.29. The monoisotopic (exact) mass is 403 g/mol. The zero-order valence-corrected chi connectivity index (χ0v) is 16.2. The average Bonchev–Trinajstić information content (AvgIpc) is 3.45. The molecule has 2 fully saturated rings. The lowest BCUT2D eigenvalue weighted by Crippen LogP contribution is -2.17. The SMILES string of the molecule is O=C1NC(=O)C(=Cc2ccc(OC[C@H]3CN3c3ccc4ccccc4n3)cc2)S1. The largest absolute Gasteiger partial charge is 0.491 e. The molecule has 2 saturated heterocycles. The van der Waals surface area contributed by atoms with Crippen LogP contribution in [0.2, 0.25) is 0 Å². The van der Waals surface area contributed by atoms with Gasteiger partial charge in [-0.15, -0.1) is 0 Å². The minimum Gasteiger partial charge on any atom is -0.491 e. The first kappa shape index (κ1) is 17.8. The van der Waals surface area contributed by atoms with E-state index < -0.39 is 0 Å². The third-order valence-electron chi connectivity index (χ3n) is 4.85. The number of fused-ring (bicyclic) bond motifs is 1. The van der Waals surface area contributed by atoms with Crippen LogP contribution in [0, 0.1) is 0 Å². The third kappa shape index (κ3) is 3.82. The predicted octanol–water partition coefficient (Wildman–Crippen LogP) is 3.83. The molecule has 6 nitrogen and oxygen atoms in total. The number of carbonyl (C=O) groups excluding carboxylic acids is 2. The summed E-state index contributed by atoms with van der Waals surface area (Å²) >= 11 is 0.913. The molecule has 0 aliphatic carbocycles. The van der Waals surface area contributed by atoms with E-state index in [-0.39, 0.29) is 11.1 Å². The zero-order valence-electron chi connectivity index (χ0n) is 15.4. The van der Waals surface area contributed by atoms with Gasteiger partial charge in [-0.3, -0.25) is 14.9 Å². The van der Waals surface area contributed by atoms with Crippen molar-refractivity contribution in [2.45, 2.75) is 6.04 Å². The molecule has 1 aromatic heterocycles. The lowest BCUT2D eigenvalue weighted by molar-refractivity contribution is -0.115. The van der Waals surface area contributed by atoms with Gasteiger partial charge in [0.2, 0.25) is 0 Å². The summed E-state index contributed by atoms with van der Waals surface area (Å²) in [5.41, 5.74) is 1.84. The van der Waals surface area contributed by atoms with E-state index in [1.54, 1.807) is 6.08 Å². The maximum Gasteiger partial charge on any atom is 0.290 e. The number of hydrogen-bond acceptors (Lipinski definition) is 6. The molecule has 0 unspecified atom stereocenters. The Morgan fingerprint density at radius 3 is 2.72 bits per heavy atom. The number of nitrogens with one attached hydrogen (secondary N) is 1. The number of anilines is 1. The van der Waals surface area contributed by atoms with E-state index in [4.69, 9.17) is 9.72 Å².